The number of hydrogen-bond acceptors (Lipinski definition) is 11. The zero-order chi connectivity index (χ0) is 44.6. The summed E-state index contributed by atoms with van der Waals surface area (Å²) in [6.07, 6.45) is 7.98. The number of ether oxygens (including phenoxy) is 4. The van der Waals surface area contributed by atoms with Gasteiger partial charge in [0.1, 0.15) is 35.2 Å². The van der Waals surface area contributed by atoms with Crippen LogP contribution in [0.2, 0.25) is 0 Å². The van der Waals surface area contributed by atoms with Gasteiger partial charge in [0.25, 0.3) is 0 Å². The van der Waals surface area contributed by atoms with Gasteiger partial charge in [0, 0.05) is 56.7 Å². The number of carbonyl (C=O) groups is 2. The molecule has 1 amide bonds. The Hall–Kier alpha value is -5.59. The maximum atomic E-state index is 12.9. The summed E-state index contributed by atoms with van der Waals surface area (Å²) in [6.45, 7) is 12.7. The summed E-state index contributed by atoms with van der Waals surface area (Å²) in [6, 6.07) is 33.2. The van der Waals surface area contributed by atoms with Crippen LogP contribution in [0.4, 0.5) is 16.5 Å². The van der Waals surface area contributed by atoms with Crippen molar-refractivity contribution in [2.45, 2.75) is 96.8 Å². The molecule has 9 rings (SSSR count). The zero-order valence-electron chi connectivity index (χ0n) is 37.7. The van der Waals surface area contributed by atoms with Crippen molar-refractivity contribution >= 4 is 39.5 Å². The fraction of sp³-hybridized carbons (Fsp3) is 0.442. The quantitative estimate of drug-likeness (QED) is 0.0821. The van der Waals surface area contributed by atoms with Crippen LogP contribution < -0.4 is 39.8 Å². The largest absolute Gasteiger partial charge is 0.493 e. The normalized spacial score (nSPS) is 19.0. The monoisotopic (exact) mass is 885 g/mol. The average molecular weight is 886 g/mol. The number of nitrogens with two attached hydrogens (primary N) is 1. The van der Waals surface area contributed by atoms with Crippen LogP contribution in [0.5, 0.6) is 23.0 Å². The van der Waals surface area contributed by atoms with Crippen molar-refractivity contribution in [3.8, 4) is 23.0 Å². The maximum absolute atomic E-state index is 12.9. The highest BCUT2D eigenvalue weighted by atomic mass is 32.1. The molecule has 4 atom stereocenters. The molecule has 338 valence electrons. The Morgan fingerprint density at radius 1 is 0.688 bits per heavy atom. The number of Topliss-reactive ketones (excluding diaryl/α,β-unsaturated/α-hetero) is 1. The third kappa shape index (κ3) is 12.8. The van der Waals surface area contributed by atoms with Crippen LogP contribution in [0.25, 0.3) is 0 Å². The number of amides is 1. The van der Waals surface area contributed by atoms with Gasteiger partial charge in [-0.1, -0.05) is 42.5 Å². The Morgan fingerprint density at radius 2 is 1.14 bits per heavy atom. The van der Waals surface area contributed by atoms with Crippen molar-refractivity contribution in [1.82, 2.24) is 4.98 Å². The molecule has 2 aliphatic heterocycles. The molecule has 12 heteroatoms. The summed E-state index contributed by atoms with van der Waals surface area (Å²) in [4.78, 5) is 33.8. The summed E-state index contributed by atoms with van der Waals surface area (Å²) in [7, 11) is 0. The van der Waals surface area contributed by atoms with E-state index in [0.717, 1.165) is 98.2 Å². The minimum Gasteiger partial charge on any atom is -0.493 e. The molecule has 0 radical (unpaired) electrons. The lowest BCUT2D eigenvalue weighted by atomic mass is 9.95. The molecule has 0 bridgehead atoms. The first-order valence-corrected chi connectivity index (χ1v) is 23.9. The number of rotatable bonds is 18. The smallest absolute Gasteiger partial charge is 0.223 e. The number of anilines is 3. The molecule has 2 saturated heterocycles. The number of nitrogens with one attached hydrogen (secondary N) is 1. The van der Waals surface area contributed by atoms with E-state index in [1.807, 2.05) is 55.5 Å². The van der Waals surface area contributed by atoms with Crippen LogP contribution in [-0.2, 0) is 4.79 Å². The number of aromatic nitrogens is 1. The molecular weight excluding hydrogens is 823 g/mol. The van der Waals surface area contributed by atoms with Crippen molar-refractivity contribution in [1.29, 1.82) is 0 Å². The molecule has 4 aliphatic rings. The van der Waals surface area contributed by atoms with Gasteiger partial charge in [-0.25, -0.2) is 4.98 Å². The number of thiazole rings is 1. The molecule has 5 aromatic rings. The first-order valence-electron chi connectivity index (χ1n) is 23.0. The first-order chi connectivity index (χ1) is 31.0. The Balaban J connectivity index is 0.000000188. The maximum Gasteiger partial charge on any atom is 0.223 e. The van der Waals surface area contributed by atoms with Crippen LogP contribution in [-0.4, -0.2) is 68.3 Å². The number of benzene rings is 4. The van der Waals surface area contributed by atoms with Crippen LogP contribution >= 0.6 is 11.3 Å². The topological polar surface area (TPSA) is 128 Å². The Bertz CT molecular complexity index is 2290. The van der Waals surface area contributed by atoms with Crippen molar-refractivity contribution in [3.05, 3.63) is 119 Å². The summed E-state index contributed by atoms with van der Waals surface area (Å²) in [5.74, 6) is 5.13. The van der Waals surface area contributed by atoms with Crippen LogP contribution in [0.15, 0.2) is 97.1 Å². The molecule has 4 aromatic carbocycles. The summed E-state index contributed by atoms with van der Waals surface area (Å²) >= 11 is 1.23. The second kappa shape index (κ2) is 20.9. The summed E-state index contributed by atoms with van der Waals surface area (Å²) < 4.78 is 24.1. The van der Waals surface area contributed by atoms with E-state index in [9.17, 15) is 9.59 Å². The molecular formula is C52H63N5O6S. The molecule has 4 fully saturated rings. The van der Waals surface area contributed by atoms with E-state index in [1.165, 1.54) is 55.3 Å². The number of carbonyl (C=O) groups excluding carboxylic acids is 2. The lowest BCUT2D eigenvalue weighted by Crippen LogP contribution is -2.24. The summed E-state index contributed by atoms with van der Waals surface area (Å²) in [5.41, 5.74) is 11.2. The number of aryl methyl sites for hydroxylation is 1. The highest BCUT2D eigenvalue weighted by molar-refractivity contribution is 7.17. The van der Waals surface area contributed by atoms with E-state index in [2.05, 4.69) is 75.6 Å². The van der Waals surface area contributed by atoms with Crippen LogP contribution in [0, 0.1) is 18.8 Å². The summed E-state index contributed by atoms with van der Waals surface area (Å²) in [5, 5.41) is 3.13. The number of ketones is 1. The third-order valence-electron chi connectivity index (χ3n) is 12.3. The molecule has 3 heterocycles. The molecule has 2 unspecified atom stereocenters. The standard InChI is InChI=1S/C30H35N3O4S.C22H28N2O2/c1-19(16-28(35)29-20(2)31-30(38-29)32-21(3)34)23-6-10-26(11-7-23)37-27-14-15-33(17-27)24-8-12-25(13-9-24)36-18-22-4-5-22;1-16(23)18-4-8-21(9-5-18)26-22-12-13-24(14-22)19-6-10-20(11-7-19)25-15-17-2-3-17/h6-13,19,22,27H,4-5,14-18H2,1-3H3,(H,31,32,34);4-11,16-17,22H,2-3,12-15,23H2,1H3/t19-,27?;16-,22?/m10/s1. The van der Waals surface area contributed by atoms with E-state index < -0.39 is 0 Å². The molecule has 1 aromatic heterocycles. The number of hydrogen-bond donors (Lipinski definition) is 2. The highest BCUT2D eigenvalue weighted by Gasteiger charge is 2.27. The van der Waals surface area contributed by atoms with E-state index >= 15 is 0 Å². The average Bonchev–Trinajstić information content (AvgIpc) is 4.18. The van der Waals surface area contributed by atoms with E-state index in [1.54, 1.807) is 6.92 Å². The number of nitrogens with zero attached hydrogens (tertiary/aromatic N) is 3. The van der Waals surface area contributed by atoms with Gasteiger partial charge in [0.2, 0.25) is 5.91 Å². The van der Waals surface area contributed by atoms with Crippen LogP contribution in [0.1, 0.15) is 104 Å². The molecule has 2 aliphatic carbocycles. The zero-order valence-corrected chi connectivity index (χ0v) is 38.5. The fourth-order valence-electron chi connectivity index (χ4n) is 8.08. The SMILES string of the molecule is CC(=O)Nc1nc(C)c(C(=O)C[C@@H](C)c2ccc(OC3CCN(c4ccc(OCC5CC5)cc4)C3)cc2)s1.C[C@H](N)c1ccc(OC2CCN(c3ccc(OCC4CC4)cc3)C2)cc1. The van der Waals surface area contributed by atoms with Crippen molar-refractivity contribution < 1.29 is 28.5 Å². The van der Waals surface area contributed by atoms with Gasteiger partial charge in [-0.2, -0.15) is 0 Å². The van der Waals surface area contributed by atoms with Gasteiger partial charge in [-0.3, -0.25) is 9.59 Å². The molecule has 0 spiro atoms. The molecule has 11 nitrogen and oxygen atoms in total. The van der Waals surface area contributed by atoms with E-state index in [0.29, 0.717) is 22.1 Å². The van der Waals surface area contributed by atoms with Gasteiger partial charge < -0.3 is 39.8 Å². The van der Waals surface area contributed by atoms with Gasteiger partial charge in [-0.05, 0) is 141 Å². The predicted molar refractivity (Wildman–Crippen MR) is 256 cm³/mol. The van der Waals surface area contributed by atoms with Gasteiger partial charge in [0.15, 0.2) is 10.9 Å². The Morgan fingerprint density at radius 3 is 1.58 bits per heavy atom. The molecule has 3 N–H and O–H groups in total. The minimum atomic E-state index is -0.193. The second-order valence-corrected chi connectivity index (χ2v) is 19.0. The van der Waals surface area contributed by atoms with E-state index in [-0.39, 0.29) is 35.9 Å². The second-order valence-electron chi connectivity index (χ2n) is 18.0. The lowest BCUT2D eigenvalue weighted by Gasteiger charge is -2.20. The van der Waals surface area contributed by atoms with E-state index in [4.69, 9.17) is 24.7 Å². The van der Waals surface area contributed by atoms with Crippen molar-refractivity contribution in [2.24, 2.45) is 17.6 Å². The van der Waals surface area contributed by atoms with Crippen molar-refractivity contribution in [2.75, 3.05) is 54.5 Å². The Labute approximate surface area is 382 Å². The highest BCUT2D eigenvalue weighted by Crippen LogP contribution is 2.33. The fourth-order valence-corrected chi connectivity index (χ4v) is 9.04. The first kappa shape index (κ1) is 45.0. The van der Waals surface area contributed by atoms with Gasteiger partial charge in [-0.15, -0.1) is 0 Å². The van der Waals surface area contributed by atoms with Gasteiger partial charge in [0.05, 0.1) is 36.9 Å². The minimum absolute atomic E-state index is 0.0398. The van der Waals surface area contributed by atoms with Crippen LogP contribution in [0.3, 0.4) is 0 Å². The Kier molecular flexibility index (Phi) is 14.7. The van der Waals surface area contributed by atoms with Crippen molar-refractivity contribution in [3.63, 3.8) is 0 Å². The third-order valence-corrected chi connectivity index (χ3v) is 13.5. The molecule has 64 heavy (non-hydrogen) atoms. The molecule has 2 saturated carbocycles. The van der Waals surface area contributed by atoms with Gasteiger partial charge >= 0.3 is 0 Å². The lowest BCUT2D eigenvalue weighted by molar-refractivity contribution is -0.114. The predicted octanol–water partition coefficient (Wildman–Crippen LogP) is 10.4.